The molecular formula is C6H11I. The highest BCUT2D eigenvalue weighted by Crippen LogP contribution is 2.07. The Labute approximate surface area is 59.1 Å². The first kappa shape index (κ1) is 7.47. The second-order valence-electron chi connectivity index (χ2n) is 2.00. The summed E-state index contributed by atoms with van der Waals surface area (Å²) >= 11 is 2.32. The minimum atomic E-state index is 0.705. The molecule has 0 atom stereocenters. The van der Waals surface area contributed by atoms with Gasteiger partial charge in [0, 0.05) is 0 Å². The molecule has 7 heavy (non-hydrogen) atoms. The molecule has 0 rings (SSSR count). The third-order valence-electron chi connectivity index (χ3n) is 0.563. The van der Waals surface area contributed by atoms with Crippen molar-refractivity contribution in [3.8, 4) is 0 Å². The molecule has 0 nitrogen and oxygen atoms in total. The summed E-state index contributed by atoms with van der Waals surface area (Å²) in [5, 5.41) is 0. The van der Waals surface area contributed by atoms with Crippen LogP contribution in [0.4, 0.5) is 0 Å². The van der Waals surface area contributed by atoms with Crippen LogP contribution in [0.25, 0.3) is 0 Å². The van der Waals surface area contributed by atoms with E-state index in [0.717, 1.165) is 0 Å². The Morgan fingerprint density at radius 2 is 2.00 bits per heavy atom. The van der Waals surface area contributed by atoms with Crippen molar-refractivity contribution < 1.29 is 0 Å². The molecule has 0 aliphatic heterocycles. The van der Waals surface area contributed by atoms with Crippen molar-refractivity contribution in [2.75, 3.05) is 0 Å². The Kier molecular flexibility index (Phi) is 3.70. The van der Waals surface area contributed by atoms with Crippen LogP contribution in [0.2, 0.25) is 0 Å². The maximum atomic E-state index is 2.32. The zero-order valence-electron chi connectivity index (χ0n) is 5.03. The highest BCUT2D eigenvalue weighted by Gasteiger charge is 1.83. The summed E-state index contributed by atoms with van der Waals surface area (Å²) in [5.41, 5.74) is 0. The van der Waals surface area contributed by atoms with Crippen molar-refractivity contribution in [2.45, 2.75) is 20.8 Å². The minimum absolute atomic E-state index is 0.705. The van der Waals surface area contributed by atoms with Gasteiger partial charge < -0.3 is 0 Å². The molecule has 0 unspecified atom stereocenters. The van der Waals surface area contributed by atoms with Gasteiger partial charge in [0.05, 0.1) is 0 Å². The number of hydrogen-bond donors (Lipinski definition) is 0. The largest absolute Gasteiger partial charge is 0.0729 e. The van der Waals surface area contributed by atoms with Gasteiger partial charge >= 0.3 is 0 Å². The van der Waals surface area contributed by atoms with Crippen LogP contribution in [0.3, 0.4) is 0 Å². The van der Waals surface area contributed by atoms with E-state index in [2.05, 4.69) is 49.4 Å². The second-order valence-corrected chi connectivity index (χ2v) is 3.70. The molecule has 0 spiro atoms. The molecule has 0 aliphatic rings. The normalized spacial score (nSPS) is 13.0. The topological polar surface area (TPSA) is 0 Å². The van der Waals surface area contributed by atoms with E-state index in [1.54, 1.807) is 0 Å². The predicted molar refractivity (Wildman–Crippen MR) is 42.6 cm³/mol. The van der Waals surface area contributed by atoms with E-state index < -0.39 is 0 Å². The second kappa shape index (κ2) is 3.47. The Bertz CT molecular complexity index is 68.2. The van der Waals surface area contributed by atoms with Gasteiger partial charge in [0.2, 0.25) is 0 Å². The van der Waals surface area contributed by atoms with Crippen molar-refractivity contribution in [1.82, 2.24) is 0 Å². The molecule has 0 aliphatic carbocycles. The van der Waals surface area contributed by atoms with Crippen LogP contribution in [-0.4, -0.2) is 0 Å². The number of allylic oxidation sites excluding steroid dienone is 2. The molecule has 0 aromatic carbocycles. The average Bonchev–Trinajstić information content (AvgIpc) is 1.27. The van der Waals surface area contributed by atoms with Crippen LogP contribution in [-0.2, 0) is 0 Å². The summed E-state index contributed by atoms with van der Waals surface area (Å²) in [6.07, 6.45) is 2.24. The first-order valence-corrected chi connectivity index (χ1v) is 3.54. The summed E-state index contributed by atoms with van der Waals surface area (Å²) in [6, 6.07) is 0. The fourth-order valence-electron chi connectivity index (χ4n) is 0.459. The summed E-state index contributed by atoms with van der Waals surface area (Å²) in [7, 11) is 0. The predicted octanol–water partition coefficient (Wildman–Crippen LogP) is 2.98. The lowest BCUT2D eigenvalue weighted by atomic mass is 10.2. The van der Waals surface area contributed by atoms with E-state index in [9.17, 15) is 0 Å². The van der Waals surface area contributed by atoms with E-state index in [1.165, 1.54) is 3.58 Å². The van der Waals surface area contributed by atoms with Crippen LogP contribution >= 0.6 is 22.6 Å². The molecule has 0 heterocycles. The zero-order chi connectivity index (χ0) is 5.86. The maximum Gasteiger partial charge on any atom is -0.0162 e. The minimum Gasteiger partial charge on any atom is -0.0729 e. The highest BCUT2D eigenvalue weighted by molar-refractivity contribution is 14.1. The van der Waals surface area contributed by atoms with Gasteiger partial charge in [-0.1, -0.05) is 19.9 Å². The number of hydrogen-bond acceptors (Lipinski definition) is 0. The van der Waals surface area contributed by atoms with Crippen LogP contribution < -0.4 is 0 Å². The number of halogens is 1. The monoisotopic (exact) mass is 210 g/mol. The van der Waals surface area contributed by atoms with Crippen molar-refractivity contribution >= 4 is 22.6 Å². The summed E-state index contributed by atoms with van der Waals surface area (Å²) < 4.78 is 1.38. The lowest BCUT2D eigenvalue weighted by Gasteiger charge is -1.91. The van der Waals surface area contributed by atoms with Crippen molar-refractivity contribution in [1.29, 1.82) is 0 Å². The van der Waals surface area contributed by atoms with Gasteiger partial charge in [0.1, 0.15) is 0 Å². The van der Waals surface area contributed by atoms with Crippen LogP contribution in [0.15, 0.2) is 9.66 Å². The van der Waals surface area contributed by atoms with E-state index in [4.69, 9.17) is 0 Å². The van der Waals surface area contributed by atoms with Gasteiger partial charge in [-0.25, -0.2) is 0 Å². The molecule has 0 fully saturated rings. The fraction of sp³-hybridized carbons (Fsp3) is 0.667. The molecular weight excluding hydrogens is 199 g/mol. The maximum absolute atomic E-state index is 2.32. The summed E-state index contributed by atoms with van der Waals surface area (Å²) in [6.45, 7) is 6.48. The van der Waals surface area contributed by atoms with Crippen molar-refractivity contribution in [2.24, 2.45) is 5.92 Å². The molecule has 0 radical (unpaired) electrons. The standard InChI is InChI=1S/C6H11I/c1-5(2)4-6(3)7/h4-5H,1-3H3/b6-4+. The molecule has 0 saturated carbocycles. The molecule has 0 aromatic heterocycles. The van der Waals surface area contributed by atoms with E-state index in [1.807, 2.05) is 0 Å². The van der Waals surface area contributed by atoms with Crippen molar-refractivity contribution in [3.05, 3.63) is 9.66 Å². The van der Waals surface area contributed by atoms with Gasteiger partial charge in [-0.05, 0) is 39.0 Å². The van der Waals surface area contributed by atoms with Gasteiger partial charge in [-0.3, -0.25) is 0 Å². The van der Waals surface area contributed by atoms with Gasteiger partial charge in [0.15, 0.2) is 0 Å². The first-order valence-electron chi connectivity index (χ1n) is 2.47. The molecule has 0 saturated heterocycles. The van der Waals surface area contributed by atoms with E-state index >= 15 is 0 Å². The molecule has 0 aromatic rings. The summed E-state index contributed by atoms with van der Waals surface area (Å²) in [4.78, 5) is 0. The molecule has 0 amide bonds. The van der Waals surface area contributed by atoms with Gasteiger partial charge in [-0.2, -0.15) is 0 Å². The third kappa shape index (κ3) is 6.47. The Hall–Kier alpha value is 0.470. The third-order valence-corrected chi connectivity index (χ3v) is 0.923. The Morgan fingerprint density at radius 1 is 1.57 bits per heavy atom. The molecule has 1 heteroatoms. The first-order chi connectivity index (χ1) is 3.13. The molecule has 0 bridgehead atoms. The fourth-order valence-corrected chi connectivity index (χ4v) is 1.18. The highest BCUT2D eigenvalue weighted by atomic mass is 127. The quantitative estimate of drug-likeness (QED) is 0.583. The smallest absolute Gasteiger partial charge is 0.0162 e. The average molecular weight is 210 g/mol. The lowest BCUT2D eigenvalue weighted by Crippen LogP contribution is -1.76. The lowest BCUT2D eigenvalue weighted by molar-refractivity contribution is 0.829. The zero-order valence-corrected chi connectivity index (χ0v) is 7.19. The molecule has 0 N–H and O–H groups in total. The SMILES string of the molecule is C/C(I)=C\C(C)C. The van der Waals surface area contributed by atoms with Crippen LogP contribution in [0.1, 0.15) is 20.8 Å². The van der Waals surface area contributed by atoms with Crippen LogP contribution in [0.5, 0.6) is 0 Å². The van der Waals surface area contributed by atoms with Gasteiger partial charge in [0.25, 0.3) is 0 Å². The Morgan fingerprint density at radius 3 is 2.00 bits per heavy atom. The van der Waals surface area contributed by atoms with Crippen LogP contribution in [0, 0.1) is 5.92 Å². The van der Waals surface area contributed by atoms with E-state index in [-0.39, 0.29) is 0 Å². The summed E-state index contributed by atoms with van der Waals surface area (Å²) in [5.74, 6) is 0.705. The van der Waals surface area contributed by atoms with Crippen molar-refractivity contribution in [3.63, 3.8) is 0 Å². The number of rotatable bonds is 1. The Balaban J connectivity index is 3.45. The molecule has 42 valence electrons. The van der Waals surface area contributed by atoms with E-state index in [0.29, 0.717) is 5.92 Å². The van der Waals surface area contributed by atoms with Gasteiger partial charge in [-0.15, -0.1) is 0 Å².